The molecular formula is C31H41N3O5. The maximum absolute atomic E-state index is 12.1. The molecule has 8 heteroatoms. The number of aromatic nitrogens is 2. The molecule has 39 heavy (non-hydrogen) atoms. The van der Waals surface area contributed by atoms with Gasteiger partial charge in [0.15, 0.2) is 0 Å². The van der Waals surface area contributed by atoms with Crippen LogP contribution in [0.25, 0.3) is 22.8 Å². The molecule has 0 radical (unpaired) electrons. The summed E-state index contributed by atoms with van der Waals surface area (Å²) in [5, 5.41) is 14.1. The first-order valence-corrected chi connectivity index (χ1v) is 13.9. The van der Waals surface area contributed by atoms with Crippen LogP contribution in [0.15, 0.2) is 47.0 Å². The van der Waals surface area contributed by atoms with Gasteiger partial charge in [-0.15, -0.1) is 0 Å². The summed E-state index contributed by atoms with van der Waals surface area (Å²) in [6, 6.07) is 14.2. The highest BCUT2D eigenvalue weighted by Crippen LogP contribution is 2.37. The summed E-state index contributed by atoms with van der Waals surface area (Å²) in [5.74, 6) is 1.70. The number of rotatable bonds is 13. The molecular weight excluding hydrogens is 494 g/mol. The molecule has 8 nitrogen and oxygen atoms in total. The molecule has 1 fully saturated rings. The number of hydrogen-bond donors (Lipinski definition) is 1. The first-order chi connectivity index (χ1) is 18.8. The molecule has 1 aromatic heterocycles. The third-order valence-corrected chi connectivity index (χ3v) is 7.73. The van der Waals surface area contributed by atoms with Crippen molar-refractivity contribution in [1.82, 2.24) is 15.0 Å². The first kappa shape index (κ1) is 28.8. The van der Waals surface area contributed by atoms with Gasteiger partial charge in [0.2, 0.25) is 5.82 Å². The number of carboxylic acids is 1. The molecule has 4 rings (SSSR count). The van der Waals surface area contributed by atoms with Crippen molar-refractivity contribution >= 4 is 5.97 Å². The zero-order valence-corrected chi connectivity index (χ0v) is 23.6. The molecule has 1 aliphatic rings. The molecule has 210 valence electrons. The van der Waals surface area contributed by atoms with Crippen LogP contribution in [-0.2, 0) is 22.5 Å². The van der Waals surface area contributed by atoms with Crippen molar-refractivity contribution in [1.29, 1.82) is 0 Å². The summed E-state index contributed by atoms with van der Waals surface area (Å²) >= 11 is 0. The number of nitrogens with zero attached hydrogens (tertiary/aromatic N) is 3. The second-order valence-electron chi connectivity index (χ2n) is 11.1. The van der Waals surface area contributed by atoms with Gasteiger partial charge >= 0.3 is 5.97 Å². The number of unbranched alkanes of at least 4 members (excludes halogenated alkanes) is 1. The van der Waals surface area contributed by atoms with E-state index in [-0.39, 0.29) is 0 Å². The lowest BCUT2D eigenvalue weighted by atomic mass is 9.74. The number of carbonyl (C=O) groups is 1. The van der Waals surface area contributed by atoms with Gasteiger partial charge in [0.1, 0.15) is 5.75 Å². The Kier molecular flexibility index (Phi) is 9.75. The quantitative estimate of drug-likeness (QED) is 0.263. The third kappa shape index (κ3) is 7.25. The summed E-state index contributed by atoms with van der Waals surface area (Å²) in [4.78, 5) is 19.0. The molecule has 1 saturated heterocycles. The fourth-order valence-electron chi connectivity index (χ4n) is 5.38. The van der Waals surface area contributed by atoms with E-state index in [9.17, 15) is 9.90 Å². The number of likely N-dealkylation sites (tertiary alicyclic amines) is 1. The monoisotopic (exact) mass is 535 g/mol. The lowest BCUT2D eigenvalue weighted by Gasteiger charge is -2.39. The van der Waals surface area contributed by atoms with E-state index in [0.29, 0.717) is 37.1 Å². The molecule has 0 spiro atoms. The Morgan fingerprint density at radius 3 is 2.44 bits per heavy atom. The van der Waals surface area contributed by atoms with Crippen molar-refractivity contribution in [2.75, 3.05) is 33.9 Å². The SMILES string of the molecule is COCCCCC1(C(=O)O)CCN(Cc2ccc(-c3noc(-c4ccc(CC(C)C)c(OC)c4)n3)cc2)CC1. The Hall–Kier alpha value is -3.23. The van der Waals surface area contributed by atoms with E-state index in [1.165, 1.54) is 5.56 Å². The Morgan fingerprint density at radius 2 is 1.79 bits per heavy atom. The lowest BCUT2D eigenvalue weighted by molar-refractivity contribution is -0.152. The number of ether oxygens (including phenoxy) is 2. The van der Waals surface area contributed by atoms with Crippen LogP contribution in [0, 0.1) is 11.3 Å². The summed E-state index contributed by atoms with van der Waals surface area (Å²) in [6.45, 7) is 7.42. The van der Waals surface area contributed by atoms with E-state index in [2.05, 4.69) is 47.1 Å². The maximum Gasteiger partial charge on any atom is 0.309 e. The van der Waals surface area contributed by atoms with E-state index in [0.717, 1.165) is 67.8 Å². The van der Waals surface area contributed by atoms with Crippen molar-refractivity contribution in [2.45, 2.75) is 58.9 Å². The first-order valence-electron chi connectivity index (χ1n) is 13.9. The predicted molar refractivity (Wildman–Crippen MR) is 151 cm³/mol. The number of aliphatic carboxylic acids is 1. The molecule has 1 N–H and O–H groups in total. The second-order valence-corrected chi connectivity index (χ2v) is 11.1. The smallest absolute Gasteiger partial charge is 0.309 e. The summed E-state index contributed by atoms with van der Waals surface area (Å²) in [6.07, 6.45) is 4.82. The van der Waals surface area contributed by atoms with Crippen LogP contribution in [0.5, 0.6) is 5.75 Å². The molecule has 0 saturated carbocycles. The number of methoxy groups -OCH3 is 2. The van der Waals surface area contributed by atoms with Crippen molar-refractivity contribution in [3.63, 3.8) is 0 Å². The van der Waals surface area contributed by atoms with Crippen LogP contribution >= 0.6 is 0 Å². The Balaban J connectivity index is 1.36. The van der Waals surface area contributed by atoms with Crippen LogP contribution in [0.4, 0.5) is 0 Å². The minimum atomic E-state index is -0.659. The van der Waals surface area contributed by atoms with Crippen molar-refractivity contribution in [2.24, 2.45) is 11.3 Å². The van der Waals surface area contributed by atoms with Crippen molar-refractivity contribution in [3.05, 3.63) is 53.6 Å². The standard InChI is InChI=1S/C31H41N3O5/c1-22(2)19-25-11-12-26(20-27(25)38-4)29-32-28(33-39-29)24-9-7-23(8-10-24)21-34-16-14-31(15-17-34,30(35)36)13-5-6-18-37-3/h7-12,20,22H,5-6,13-19,21H2,1-4H3,(H,35,36). The highest BCUT2D eigenvalue weighted by molar-refractivity contribution is 5.74. The molecule has 3 aromatic rings. The zero-order chi connectivity index (χ0) is 27.8. The number of piperidine rings is 1. The van der Waals surface area contributed by atoms with Gasteiger partial charge in [-0.3, -0.25) is 9.69 Å². The number of benzene rings is 2. The molecule has 0 atom stereocenters. The largest absolute Gasteiger partial charge is 0.496 e. The predicted octanol–water partition coefficient (Wildman–Crippen LogP) is 6.09. The fourth-order valence-corrected chi connectivity index (χ4v) is 5.38. The van der Waals surface area contributed by atoms with Crippen LogP contribution in [-0.4, -0.2) is 60.0 Å². The van der Waals surface area contributed by atoms with Crippen LogP contribution in [0.1, 0.15) is 57.1 Å². The minimum Gasteiger partial charge on any atom is -0.496 e. The van der Waals surface area contributed by atoms with Gasteiger partial charge in [0.05, 0.1) is 12.5 Å². The fraction of sp³-hybridized carbons (Fsp3) is 0.516. The average molecular weight is 536 g/mol. The van der Waals surface area contributed by atoms with Gasteiger partial charge < -0.3 is 19.1 Å². The molecule has 2 heterocycles. The molecule has 1 aliphatic heterocycles. The van der Waals surface area contributed by atoms with Gasteiger partial charge in [0, 0.05) is 31.4 Å². The van der Waals surface area contributed by atoms with Crippen molar-refractivity contribution in [3.8, 4) is 28.6 Å². The molecule has 0 bridgehead atoms. The van der Waals surface area contributed by atoms with Gasteiger partial charge in [-0.05, 0) is 74.4 Å². The van der Waals surface area contributed by atoms with E-state index in [1.54, 1.807) is 14.2 Å². The van der Waals surface area contributed by atoms with Gasteiger partial charge in [-0.25, -0.2) is 0 Å². The Labute approximate surface area is 231 Å². The average Bonchev–Trinajstić information content (AvgIpc) is 3.43. The summed E-state index contributed by atoms with van der Waals surface area (Å²) in [7, 11) is 3.36. The van der Waals surface area contributed by atoms with Crippen LogP contribution in [0.3, 0.4) is 0 Å². The van der Waals surface area contributed by atoms with Gasteiger partial charge in [0.25, 0.3) is 5.89 Å². The van der Waals surface area contributed by atoms with Gasteiger partial charge in [-0.1, -0.05) is 55.8 Å². The molecule has 0 aliphatic carbocycles. The van der Waals surface area contributed by atoms with Crippen LogP contribution in [0.2, 0.25) is 0 Å². The topological polar surface area (TPSA) is 97.9 Å². The van der Waals surface area contributed by atoms with Crippen molar-refractivity contribution < 1.29 is 23.9 Å². The van der Waals surface area contributed by atoms with E-state index < -0.39 is 11.4 Å². The second kappa shape index (κ2) is 13.2. The molecule has 2 aromatic carbocycles. The molecule has 0 amide bonds. The lowest BCUT2D eigenvalue weighted by Crippen LogP contribution is -2.44. The van der Waals surface area contributed by atoms with E-state index >= 15 is 0 Å². The van der Waals surface area contributed by atoms with Gasteiger partial charge in [-0.2, -0.15) is 4.98 Å². The highest BCUT2D eigenvalue weighted by atomic mass is 16.5. The minimum absolute atomic E-state index is 0.459. The van der Waals surface area contributed by atoms with E-state index in [1.807, 2.05) is 24.3 Å². The van der Waals surface area contributed by atoms with Crippen LogP contribution < -0.4 is 4.74 Å². The summed E-state index contributed by atoms with van der Waals surface area (Å²) < 4.78 is 16.3. The number of hydrogen-bond acceptors (Lipinski definition) is 7. The molecule has 0 unspecified atom stereocenters. The zero-order valence-electron chi connectivity index (χ0n) is 23.6. The Morgan fingerprint density at radius 1 is 1.08 bits per heavy atom. The normalized spacial score (nSPS) is 15.5. The highest BCUT2D eigenvalue weighted by Gasteiger charge is 2.40. The maximum atomic E-state index is 12.1. The summed E-state index contributed by atoms with van der Waals surface area (Å²) in [5.41, 5.74) is 3.45. The van der Waals surface area contributed by atoms with E-state index in [4.69, 9.17) is 14.0 Å². The Bertz CT molecular complexity index is 1210. The third-order valence-electron chi connectivity index (χ3n) is 7.73. The number of carboxylic acid groups (broad SMARTS) is 1.